The minimum atomic E-state index is -3.42. The lowest BCUT2D eigenvalue weighted by molar-refractivity contribution is -0.111. The lowest BCUT2D eigenvalue weighted by atomic mass is 10.0. The van der Waals surface area contributed by atoms with Crippen molar-refractivity contribution in [2.75, 3.05) is 16.9 Å². The Balaban J connectivity index is 1.44. The average Bonchev–Trinajstić information content (AvgIpc) is 2.84. The largest absolute Gasteiger partial charge is 0.323 e. The zero-order chi connectivity index (χ0) is 25.0. The summed E-state index contributed by atoms with van der Waals surface area (Å²) in [4.78, 5) is 25.2. The summed E-state index contributed by atoms with van der Waals surface area (Å²) < 4.78 is 23.5. The molecule has 0 aliphatic rings. The highest BCUT2D eigenvalue weighted by atomic mass is 32.2. The number of amides is 2. The van der Waals surface area contributed by atoms with Gasteiger partial charge in [0, 0.05) is 29.3 Å². The van der Waals surface area contributed by atoms with E-state index in [0.29, 0.717) is 11.4 Å². The van der Waals surface area contributed by atoms with Gasteiger partial charge in [-0.25, -0.2) is 8.42 Å². The Kier molecular flexibility index (Phi) is 6.80. The summed E-state index contributed by atoms with van der Waals surface area (Å²) in [6.45, 7) is 1.81. The van der Waals surface area contributed by atoms with E-state index >= 15 is 0 Å². The van der Waals surface area contributed by atoms with Gasteiger partial charge in [-0.1, -0.05) is 48.5 Å². The number of sulfone groups is 1. The van der Waals surface area contributed by atoms with Crippen molar-refractivity contribution in [3.63, 3.8) is 0 Å². The van der Waals surface area contributed by atoms with Gasteiger partial charge in [0.1, 0.15) is 0 Å². The molecule has 7 heteroatoms. The molecule has 6 nitrogen and oxygen atoms in total. The number of hydrogen-bond acceptors (Lipinski definition) is 4. The molecule has 0 spiro atoms. The summed E-state index contributed by atoms with van der Waals surface area (Å²) >= 11 is 0. The van der Waals surface area contributed by atoms with Crippen LogP contribution in [0.5, 0.6) is 0 Å². The molecule has 0 aliphatic heterocycles. The molecule has 0 aromatic heterocycles. The zero-order valence-corrected chi connectivity index (χ0v) is 20.1. The van der Waals surface area contributed by atoms with Crippen LogP contribution < -0.4 is 10.6 Å². The number of fused-ring (bicyclic) bond motifs is 1. The summed E-state index contributed by atoms with van der Waals surface area (Å²) in [5.74, 6) is -0.694. The predicted octanol–water partition coefficient (Wildman–Crippen LogP) is 5.46. The molecule has 0 radical (unpaired) electrons. The van der Waals surface area contributed by atoms with Crippen LogP contribution in [0.2, 0.25) is 0 Å². The molecule has 0 atom stereocenters. The van der Waals surface area contributed by atoms with Crippen LogP contribution in [0.3, 0.4) is 0 Å². The van der Waals surface area contributed by atoms with Crippen LogP contribution in [0, 0.1) is 6.92 Å². The van der Waals surface area contributed by atoms with Gasteiger partial charge in [-0.15, -0.1) is 0 Å². The number of hydrogen-bond donors (Lipinski definition) is 2. The maximum Gasteiger partial charge on any atom is 0.255 e. The summed E-state index contributed by atoms with van der Waals surface area (Å²) in [7, 11) is -3.42. The molecule has 176 valence electrons. The van der Waals surface area contributed by atoms with Gasteiger partial charge in [0.2, 0.25) is 5.91 Å². The fraction of sp³-hybridized carbons (Fsp3) is 0.0714. The van der Waals surface area contributed by atoms with E-state index in [9.17, 15) is 18.0 Å². The molecule has 2 N–H and O–H groups in total. The van der Waals surface area contributed by atoms with E-state index in [0.717, 1.165) is 28.2 Å². The smallest absolute Gasteiger partial charge is 0.255 e. The fourth-order valence-electron chi connectivity index (χ4n) is 3.69. The minimum absolute atomic E-state index is 0.0801. The monoisotopic (exact) mass is 484 g/mol. The number of nitrogens with one attached hydrogen (secondary N) is 2. The molecule has 2 amide bonds. The number of anilines is 2. The summed E-state index contributed by atoms with van der Waals surface area (Å²) in [5, 5.41) is 7.79. The molecule has 4 rings (SSSR count). The zero-order valence-electron chi connectivity index (χ0n) is 19.3. The highest BCUT2D eigenvalue weighted by molar-refractivity contribution is 7.90. The quantitative estimate of drug-likeness (QED) is 0.356. The van der Waals surface area contributed by atoms with Crippen molar-refractivity contribution < 1.29 is 18.0 Å². The summed E-state index contributed by atoms with van der Waals surface area (Å²) in [6.07, 6.45) is 4.36. The number of benzene rings is 4. The first-order valence-corrected chi connectivity index (χ1v) is 12.8. The number of carbonyl (C=O) groups is 2. The van der Waals surface area contributed by atoms with Crippen LogP contribution in [0.25, 0.3) is 16.8 Å². The summed E-state index contributed by atoms with van der Waals surface area (Å²) in [6, 6.07) is 24.9. The van der Waals surface area contributed by atoms with Gasteiger partial charge in [0.05, 0.1) is 4.90 Å². The van der Waals surface area contributed by atoms with Gasteiger partial charge in [0.15, 0.2) is 9.84 Å². The SMILES string of the molecule is Cc1cc(NC(=O)/C=C/c2cccc3ccccc23)ccc1NC(=O)c1cccc(S(C)(=O)=O)c1. The second-order valence-corrected chi connectivity index (χ2v) is 10.2. The topological polar surface area (TPSA) is 92.3 Å². The molecule has 0 saturated carbocycles. The molecular weight excluding hydrogens is 460 g/mol. The normalized spacial score (nSPS) is 11.5. The molecule has 0 heterocycles. The van der Waals surface area contributed by atoms with Crippen LogP contribution in [-0.2, 0) is 14.6 Å². The number of aryl methyl sites for hydroxylation is 1. The lowest BCUT2D eigenvalue weighted by Gasteiger charge is -2.11. The molecule has 35 heavy (non-hydrogen) atoms. The maximum atomic E-state index is 12.6. The van der Waals surface area contributed by atoms with E-state index < -0.39 is 15.7 Å². The first kappa shape index (κ1) is 23.9. The molecule has 0 unspecified atom stereocenters. The third-order valence-electron chi connectivity index (χ3n) is 5.50. The molecule has 0 fully saturated rings. The van der Waals surface area contributed by atoms with Crippen molar-refractivity contribution in [1.82, 2.24) is 0 Å². The van der Waals surface area contributed by atoms with Crippen molar-refractivity contribution in [3.8, 4) is 0 Å². The highest BCUT2D eigenvalue weighted by Gasteiger charge is 2.13. The van der Waals surface area contributed by atoms with Crippen LogP contribution in [0.1, 0.15) is 21.5 Å². The van der Waals surface area contributed by atoms with E-state index in [1.807, 2.05) is 49.4 Å². The van der Waals surface area contributed by atoms with Crippen molar-refractivity contribution in [1.29, 1.82) is 0 Å². The maximum absolute atomic E-state index is 12.6. The first-order chi connectivity index (χ1) is 16.7. The van der Waals surface area contributed by atoms with E-state index in [-0.39, 0.29) is 16.4 Å². The van der Waals surface area contributed by atoms with E-state index in [4.69, 9.17) is 0 Å². The van der Waals surface area contributed by atoms with E-state index in [1.165, 1.54) is 24.3 Å². The third-order valence-corrected chi connectivity index (χ3v) is 6.61. The molecule has 4 aromatic rings. The highest BCUT2D eigenvalue weighted by Crippen LogP contribution is 2.22. The van der Waals surface area contributed by atoms with Gasteiger partial charge in [-0.2, -0.15) is 0 Å². The van der Waals surface area contributed by atoms with Crippen molar-refractivity contribution in [3.05, 3.63) is 108 Å². The Morgan fingerprint density at radius 2 is 1.57 bits per heavy atom. The second-order valence-electron chi connectivity index (χ2n) is 8.17. The Labute approximate surface area is 204 Å². The number of carbonyl (C=O) groups excluding carboxylic acids is 2. The molecule has 4 aromatic carbocycles. The summed E-state index contributed by atoms with van der Waals surface area (Å²) in [5.41, 5.74) is 3.08. The molecule has 0 aliphatic carbocycles. The Morgan fingerprint density at radius 3 is 2.34 bits per heavy atom. The molecular formula is C28H24N2O4S. The van der Waals surface area contributed by atoms with Crippen LogP contribution in [0.15, 0.2) is 95.9 Å². The second kappa shape index (κ2) is 9.95. The number of rotatable bonds is 6. The Bertz CT molecular complexity index is 1570. The van der Waals surface area contributed by atoms with Crippen LogP contribution in [-0.4, -0.2) is 26.5 Å². The first-order valence-electron chi connectivity index (χ1n) is 10.9. The Morgan fingerprint density at radius 1 is 0.829 bits per heavy atom. The van der Waals surface area contributed by atoms with E-state index in [1.54, 1.807) is 30.3 Å². The average molecular weight is 485 g/mol. The van der Waals surface area contributed by atoms with Gasteiger partial charge >= 0.3 is 0 Å². The van der Waals surface area contributed by atoms with Gasteiger partial charge < -0.3 is 10.6 Å². The third kappa shape index (κ3) is 5.83. The van der Waals surface area contributed by atoms with Gasteiger partial charge in [-0.3, -0.25) is 9.59 Å². The fourth-order valence-corrected chi connectivity index (χ4v) is 4.36. The standard InChI is InChI=1S/C28H24N2O4S/c1-19-17-23(29-27(31)16-13-21-9-5-8-20-7-3-4-12-25(20)21)14-15-26(19)30-28(32)22-10-6-11-24(18-22)35(2,33)34/h3-18H,1-2H3,(H,29,31)(H,30,32)/b16-13+. The van der Waals surface area contributed by atoms with Gasteiger partial charge in [-0.05, 0) is 71.3 Å². The predicted molar refractivity (Wildman–Crippen MR) is 140 cm³/mol. The lowest BCUT2D eigenvalue weighted by Crippen LogP contribution is -2.14. The van der Waals surface area contributed by atoms with Crippen LogP contribution >= 0.6 is 0 Å². The molecule has 0 saturated heterocycles. The van der Waals surface area contributed by atoms with Crippen LogP contribution in [0.4, 0.5) is 11.4 Å². The minimum Gasteiger partial charge on any atom is -0.323 e. The van der Waals surface area contributed by atoms with Gasteiger partial charge in [0.25, 0.3) is 5.91 Å². The van der Waals surface area contributed by atoms with Crippen molar-refractivity contribution in [2.24, 2.45) is 0 Å². The van der Waals surface area contributed by atoms with E-state index in [2.05, 4.69) is 10.6 Å². The molecule has 0 bridgehead atoms. The Hall–Kier alpha value is -4.23. The van der Waals surface area contributed by atoms with Crippen molar-refractivity contribution >= 4 is 49.9 Å². The van der Waals surface area contributed by atoms with Crippen molar-refractivity contribution in [2.45, 2.75) is 11.8 Å².